The van der Waals surface area contributed by atoms with E-state index in [1.807, 2.05) is 0 Å². The maximum Gasteiger partial charge on any atom is 0.417 e. The zero-order chi connectivity index (χ0) is 13.9. The standard InChI is InChI=1S/C12H12F3N3S/c1-16-7-8-2-3-10(9(6-8)12(13,14)15)19-11-17-4-5-18-11/h2-6,16H,7H2,1H3,(H,17,18). The second kappa shape index (κ2) is 5.66. The Balaban J connectivity index is 2.36. The number of benzene rings is 1. The Kier molecular flexibility index (Phi) is 4.16. The maximum absolute atomic E-state index is 13.0. The van der Waals surface area contributed by atoms with Crippen molar-refractivity contribution >= 4 is 11.8 Å². The van der Waals surface area contributed by atoms with Gasteiger partial charge in [0.25, 0.3) is 0 Å². The van der Waals surface area contributed by atoms with Crippen molar-refractivity contribution in [3.05, 3.63) is 41.7 Å². The third-order valence-electron chi connectivity index (χ3n) is 2.41. The average molecular weight is 287 g/mol. The predicted molar refractivity (Wildman–Crippen MR) is 66.9 cm³/mol. The molecule has 0 aliphatic heterocycles. The van der Waals surface area contributed by atoms with E-state index in [9.17, 15) is 13.2 Å². The number of imidazole rings is 1. The van der Waals surface area contributed by atoms with Crippen LogP contribution in [0.2, 0.25) is 0 Å². The Morgan fingerprint density at radius 1 is 1.37 bits per heavy atom. The van der Waals surface area contributed by atoms with Crippen LogP contribution >= 0.6 is 11.8 Å². The Labute approximate surface area is 112 Å². The topological polar surface area (TPSA) is 40.7 Å². The molecule has 0 bridgehead atoms. The summed E-state index contributed by atoms with van der Waals surface area (Å²) in [5.74, 6) is 0. The number of alkyl halides is 3. The van der Waals surface area contributed by atoms with Gasteiger partial charge < -0.3 is 10.3 Å². The fourth-order valence-electron chi connectivity index (χ4n) is 1.61. The fraction of sp³-hybridized carbons (Fsp3) is 0.250. The smallest absolute Gasteiger partial charge is 0.339 e. The molecule has 2 N–H and O–H groups in total. The molecule has 0 amide bonds. The molecule has 0 unspecified atom stereocenters. The van der Waals surface area contributed by atoms with E-state index in [0.717, 1.165) is 11.8 Å². The van der Waals surface area contributed by atoms with Gasteiger partial charge in [-0.3, -0.25) is 0 Å². The SMILES string of the molecule is CNCc1ccc(Sc2ncc[nH]2)c(C(F)(F)F)c1. The van der Waals surface area contributed by atoms with Gasteiger partial charge in [0.2, 0.25) is 0 Å². The first-order valence-corrected chi connectivity index (χ1v) is 6.34. The van der Waals surface area contributed by atoms with Crippen molar-refractivity contribution in [1.29, 1.82) is 0 Å². The van der Waals surface area contributed by atoms with E-state index in [4.69, 9.17) is 0 Å². The van der Waals surface area contributed by atoms with Crippen LogP contribution in [0.5, 0.6) is 0 Å². The Morgan fingerprint density at radius 2 is 2.16 bits per heavy atom. The zero-order valence-corrected chi connectivity index (χ0v) is 10.9. The minimum atomic E-state index is -4.38. The van der Waals surface area contributed by atoms with Crippen LogP contribution in [-0.4, -0.2) is 17.0 Å². The van der Waals surface area contributed by atoms with Gasteiger partial charge in [0.1, 0.15) is 0 Å². The maximum atomic E-state index is 13.0. The van der Waals surface area contributed by atoms with E-state index in [0.29, 0.717) is 17.3 Å². The fourth-order valence-corrected chi connectivity index (χ4v) is 2.48. The van der Waals surface area contributed by atoms with Crippen LogP contribution in [0.1, 0.15) is 11.1 Å². The van der Waals surface area contributed by atoms with Crippen molar-refractivity contribution < 1.29 is 13.2 Å². The molecule has 2 rings (SSSR count). The first kappa shape index (κ1) is 14.0. The van der Waals surface area contributed by atoms with Gasteiger partial charge in [-0.1, -0.05) is 17.8 Å². The summed E-state index contributed by atoms with van der Waals surface area (Å²) >= 11 is 0.967. The number of nitrogens with zero attached hydrogens (tertiary/aromatic N) is 1. The minimum Gasteiger partial charge on any atom is -0.339 e. The molecule has 1 heterocycles. The lowest BCUT2D eigenvalue weighted by Crippen LogP contribution is -2.10. The third kappa shape index (κ3) is 3.51. The predicted octanol–water partition coefficient (Wildman–Crippen LogP) is 3.30. The zero-order valence-electron chi connectivity index (χ0n) is 10.1. The van der Waals surface area contributed by atoms with Crippen LogP contribution < -0.4 is 5.32 Å². The second-order valence-electron chi connectivity index (χ2n) is 3.85. The van der Waals surface area contributed by atoms with E-state index in [1.165, 1.54) is 18.3 Å². The third-order valence-corrected chi connectivity index (χ3v) is 3.40. The lowest BCUT2D eigenvalue weighted by atomic mass is 10.1. The number of hydrogen-bond acceptors (Lipinski definition) is 3. The van der Waals surface area contributed by atoms with Crippen LogP contribution in [-0.2, 0) is 12.7 Å². The van der Waals surface area contributed by atoms with Gasteiger partial charge in [-0.05, 0) is 24.7 Å². The van der Waals surface area contributed by atoms with Crippen molar-refractivity contribution in [2.75, 3.05) is 7.05 Å². The van der Waals surface area contributed by atoms with E-state index >= 15 is 0 Å². The van der Waals surface area contributed by atoms with Gasteiger partial charge in [-0.15, -0.1) is 0 Å². The number of halogens is 3. The molecule has 0 saturated heterocycles. The molecule has 0 spiro atoms. The van der Waals surface area contributed by atoms with Crippen molar-refractivity contribution in [1.82, 2.24) is 15.3 Å². The summed E-state index contributed by atoms with van der Waals surface area (Å²) in [7, 11) is 1.69. The molecule has 3 nitrogen and oxygen atoms in total. The molecule has 0 aliphatic rings. The van der Waals surface area contributed by atoms with E-state index in [2.05, 4.69) is 15.3 Å². The molecule has 102 valence electrons. The molecule has 0 saturated carbocycles. The highest BCUT2D eigenvalue weighted by molar-refractivity contribution is 7.99. The summed E-state index contributed by atoms with van der Waals surface area (Å²) in [5.41, 5.74) is -0.0414. The van der Waals surface area contributed by atoms with Crippen molar-refractivity contribution in [3.8, 4) is 0 Å². The summed E-state index contributed by atoms with van der Waals surface area (Å²) < 4.78 is 39.1. The largest absolute Gasteiger partial charge is 0.417 e. The molecular formula is C12H12F3N3S. The number of rotatable bonds is 4. The van der Waals surface area contributed by atoms with Gasteiger partial charge in [-0.25, -0.2) is 4.98 Å². The van der Waals surface area contributed by atoms with E-state index in [-0.39, 0.29) is 4.90 Å². The molecular weight excluding hydrogens is 275 g/mol. The first-order valence-electron chi connectivity index (χ1n) is 5.52. The molecule has 0 fully saturated rings. The average Bonchev–Trinajstić information content (AvgIpc) is 2.83. The number of nitrogens with one attached hydrogen (secondary N) is 2. The second-order valence-corrected chi connectivity index (χ2v) is 4.89. The molecule has 7 heteroatoms. The van der Waals surface area contributed by atoms with Crippen molar-refractivity contribution in [2.24, 2.45) is 0 Å². The summed E-state index contributed by atoms with van der Waals surface area (Å²) in [6, 6.07) is 4.32. The van der Waals surface area contributed by atoms with Crippen LogP contribution in [0.15, 0.2) is 40.6 Å². The number of aromatic nitrogens is 2. The normalized spacial score (nSPS) is 11.8. The van der Waals surface area contributed by atoms with Gasteiger partial charge in [0.05, 0.1) is 5.56 Å². The van der Waals surface area contributed by atoms with Crippen molar-refractivity contribution in [2.45, 2.75) is 22.8 Å². The molecule has 1 aromatic heterocycles. The van der Waals surface area contributed by atoms with Gasteiger partial charge in [-0.2, -0.15) is 13.2 Å². The van der Waals surface area contributed by atoms with Crippen molar-refractivity contribution in [3.63, 3.8) is 0 Å². The summed E-state index contributed by atoms with van der Waals surface area (Å²) in [6.07, 6.45) is -1.30. The number of hydrogen-bond donors (Lipinski definition) is 2. The summed E-state index contributed by atoms with van der Waals surface area (Å²) in [4.78, 5) is 6.84. The van der Waals surface area contributed by atoms with Gasteiger partial charge in [0, 0.05) is 23.8 Å². The molecule has 0 atom stereocenters. The Bertz CT molecular complexity index is 538. The minimum absolute atomic E-state index is 0.141. The van der Waals surface area contributed by atoms with Crippen LogP contribution in [0, 0.1) is 0 Å². The summed E-state index contributed by atoms with van der Waals surface area (Å²) in [5, 5.41) is 3.27. The van der Waals surface area contributed by atoms with Crippen LogP contribution in [0.3, 0.4) is 0 Å². The molecule has 1 aromatic carbocycles. The quantitative estimate of drug-likeness (QED) is 0.906. The van der Waals surface area contributed by atoms with Gasteiger partial charge in [0.15, 0.2) is 5.16 Å². The molecule has 0 aliphatic carbocycles. The first-order chi connectivity index (χ1) is 9.00. The molecule has 19 heavy (non-hydrogen) atoms. The molecule has 0 radical (unpaired) electrons. The van der Waals surface area contributed by atoms with Crippen LogP contribution in [0.4, 0.5) is 13.2 Å². The highest BCUT2D eigenvalue weighted by Gasteiger charge is 2.34. The highest BCUT2D eigenvalue weighted by Crippen LogP contribution is 2.39. The highest BCUT2D eigenvalue weighted by atomic mass is 32.2. The molecule has 2 aromatic rings. The lowest BCUT2D eigenvalue weighted by molar-refractivity contribution is -0.139. The van der Waals surface area contributed by atoms with E-state index in [1.54, 1.807) is 19.3 Å². The Morgan fingerprint density at radius 3 is 2.74 bits per heavy atom. The monoisotopic (exact) mass is 287 g/mol. The van der Waals surface area contributed by atoms with Crippen LogP contribution in [0.25, 0.3) is 0 Å². The van der Waals surface area contributed by atoms with E-state index < -0.39 is 11.7 Å². The summed E-state index contributed by atoms with van der Waals surface area (Å²) in [6.45, 7) is 0.398. The lowest BCUT2D eigenvalue weighted by Gasteiger charge is -2.13. The Hall–Kier alpha value is -1.47. The number of aromatic amines is 1. The van der Waals surface area contributed by atoms with Gasteiger partial charge >= 0.3 is 6.18 Å². The number of H-pyrrole nitrogens is 1.